The predicted octanol–water partition coefficient (Wildman–Crippen LogP) is 4.05. The molecular weight excluding hydrogens is 404 g/mol. The van der Waals surface area contributed by atoms with Gasteiger partial charge in [0.1, 0.15) is 29.5 Å². The largest absolute Gasteiger partial charge is 0.480 e. The van der Waals surface area contributed by atoms with Crippen LogP contribution in [-0.2, 0) is 11.2 Å². The van der Waals surface area contributed by atoms with Gasteiger partial charge >= 0.3 is 0 Å². The van der Waals surface area contributed by atoms with Gasteiger partial charge in [-0.15, -0.1) is 0 Å². The smallest absolute Gasteiger partial charge is 0.265 e. The first-order valence-corrected chi connectivity index (χ1v) is 10.4. The van der Waals surface area contributed by atoms with Crippen LogP contribution in [0.2, 0.25) is 0 Å². The van der Waals surface area contributed by atoms with Crippen LogP contribution in [0, 0.1) is 6.92 Å². The van der Waals surface area contributed by atoms with Crippen LogP contribution in [-0.4, -0.2) is 31.5 Å². The summed E-state index contributed by atoms with van der Waals surface area (Å²) in [4.78, 5) is 25.6. The molecule has 32 heavy (non-hydrogen) atoms. The zero-order valence-electron chi connectivity index (χ0n) is 17.5. The fourth-order valence-corrected chi connectivity index (χ4v) is 3.66. The Morgan fingerprint density at radius 1 is 1.09 bits per heavy atom. The van der Waals surface area contributed by atoms with Crippen LogP contribution >= 0.6 is 0 Å². The summed E-state index contributed by atoms with van der Waals surface area (Å²) in [7, 11) is 0. The quantitative estimate of drug-likeness (QED) is 0.500. The summed E-state index contributed by atoms with van der Waals surface area (Å²) in [5.74, 6) is 2.70. The molecule has 2 aromatic heterocycles. The Morgan fingerprint density at radius 3 is 2.72 bits per heavy atom. The van der Waals surface area contributed by atoms with E-state index in [1.807, 2.05) is 72.3 Å². The Kier molecular flexibility index (Phi) is 5.25. The lowest BCUT2D eigenvalue weighted by Gasteiger charge is -2.25. The predicted molar refractivity (Wildman–Crippen MR) is 121 cm³/mol. The van der Waals surface area contributed by atoms with Crippen LogP contribution in [0.4, 0.5) is 17.2 Å². The number of amides is 1. The van der Waals surface area contributed by atoms with E-state index in [9.17, 15) is 4.79 Å². The highest BCUT2D eigenvalue weighted by Gasteiger charge is 2.25. The average molecular weight is 426 g/mol. The number of carbonyl (C=O) groups is 1. The average Bonchev–Trinajstić information content (AvgIpc) is 3.35. The van der Waals surface area contributed by atoms with Crippen molar-refractivity contribution in [1.29, 1.82) is 0 Å². The van der Waals surface area contributed by atoms with E-state index in [1.165, 1.54) is 0 Å². The normalized spacial score (nSPS) is 14.8. The molecule has 0 fully saturated rings. The minimum Gasteiger partial charge on any atom is -0.480 e. The van der Waals surface area contributed by atoms with Gasteiger partial charge in [0, 0.05) is 29.8 Å². The number of hydrogen-bond acceptors (Lipinski definition) is 6. The molecule has 3 heterocycles. The Balaban J connectivity index is 1.24. The van der Waals surface area contributed by atoms with Crippen molar-refractivity contribution in [3.8, 4) is 11.6 Å². The molecule has 0 unspecified atom stereocenters. The second-order valence-electron chi connectivity index (χ2n) is 7.57. The number of rotatable bonds is 5. The number of nitrogens with zero attached hydrogens (tertiary/aromatic N) is 4. The van der Waals surface area contributed by atoms with Crippen LogP contribution in [0.3, 0.4) is 0 Å². The van der Waals surface area contributed by atoms with Crippen LogP contribution in [0.15, 0.2) is 73.3 Å². The third-order valence-electron chi connectivity index (χ3n) is 5.23. The monoisotopic (exact) mass is 426 g/mol. The standard InChI is InChI=1S/C24H22N6O2/c1-16-26-22(14-23(27-16)30-13-12-25-15-30)28-18-7-9-19(10-8-18)29-24(31)21-11-6-17-4-2-3-5-20(17)32-21/h2-5,7-10,12-15,21H,6,11H2,1H3,(H,29,31)(H,26,27,28)/t21-/m0/s1. The van der Waals surface area contributed by atoms with E-state index >= 15 is 0 Å². The molecular formula is C24H22N6O2. The molecule has 0 radical (unpaired) electrons. The summed E-state index contributed by atoms with van der Waals surface area (Å²) in [6.07, 6.45) is 6.23. The van der Waals surface area contributed by atoms with Crippen molar-refractivity contribution >= 4 is 23.1 Å². The van der Waals surface area contributed by atoms with Crippen molar-refractivity contribution in [2.75, 3.05) is 10.6 Å². The lowest BCUT2D eigenvalue weighted by Crippen LogP contribution is -2.35. The summed E-state index contributed by atoms with van der Waals surface area (Å²) >= 11 is 0. The SMILES string of the molecule is Cc1nc(Nc2ccc(NC(=O)[C@@H]3CCc4ccccc4O3)cc2)cc(-n2ccnc2)n1. The second kappa shape index (κ2) is 8.50. The molecule has 8 nitrogen and oxygen atoms in total. The Bertz CT molecular complexity index is 1240. The number of aromatic nitrogens is 4. The number of ether oxygens (including phenoxy) is 1. The molecule has 2 N–H and O–H groups in total. The van der Waals surface area contributed by atoms with Crippen molar-refractivity contribution < 1.29 is 9.53 Å². The minimum absolute atomic E-state index is 0.142. The van der Waals surface area contributed by atoms with Gasteiger partial charge < -0.3 is 15.4 Å². The van der Waals surface area contributed by atoms with E-state index in [4.69, 9.17) is 4.74 Å². The maximum absolute atomic E-state index is 12.7. The lowest BCUT2D eigenvalue weighted by molar-refractivity contribution is -0.123. The van der Waals surface area contributed by atoms with E-state index in [-0.39, 0.29) is 5.91 Å². The molecule has 1 aliphatic heterocycles. The molecule has 2 aromatic carbocycles. The Morgan fingerprint density at radius 2 is 1.91 bits per heavy atom. The summed E-state index contributed by atoms with van der Waals surface area (Å²) in [5.41, 5.74) is 2.70. The molecule has 1 atom stereocenters. The van der Waals surface area contributed by atoms with Gasteiger partial charge in [-0.05, 0) is 55.7 Å². The maximum atomic E-state index is 12.7. The molecule has 1 amide bonds. The van der Waals surface area contributed by atoms with Gasteiger partial charge in [-0.2, -0.15) is 0 Å². The van der Waals surface area contributed by atoms with Crippen molar-refractivity contribution in [1.82, 2.24) is 19.5 Å². The van der Waals surface area contributed by atoms with Crippen LogP contribution in [0.25, 0.3) is 5.82 Å². The van der Waals surface area contributed by atoms with Crippen molar-refractivity contribution in [3.63, 3.8) is 0 Å². The van der Waals surface area contributed by atoms with Gasteiger partial charge in [-0.25, -0.2) is 15.0 Å². The van der Waals surface area contributed by atoms with Gasteiger partial charge in [0.25, 0.3) is 5.91 Å². The fraction of sp³-hybridized carbons (Fsp3) is 0.167. The van der Waals surface area contributed by atoms with Gasteiger partial charge in [-0.1, -0.05) is 18.2 Å². The number of fused-ring (bicyclic) bond motifs is 1. The van der Waals surface area contributed by atoms with Crippen LogP contribution in [0.5, 0.6) is 5.75 Å². The van der Waals surface area contributed by atoms with E-state index in [0.717, 1.165) is 29.2 Å². The molecule has 5 rings (SSSR count). The molecule has 0 aliphatic carbocycles. The number of carbonyl (C=O) groups excluding carboxylic acids is 1. The number of hydrogen-bond donors (Lipinski definition) is 2. The molecule has 8 heteroatoms. The molecule has 1 aliphatic rings. The summed E-state index contributed by atoms with van der Waals surface area (Å²) in [6.45, 7) is 1.84. The minimum atomic E-state index is -0.492. The summed E-state index contributed by atoms with van der Waals surface area (Å²) in [6, 6.07) is 17.2. The number of benzene rings is 2. The first-order chi connectivity index (χ1) is 15.6. The third kappa shape index (κ3) is 4.29. The van der Waals surface area contributed by atoms with E-state index < -0.39 is 6.10 Å². The number of para-hydroxylation sites is 1. The van der Waals surface area contributed by atoms with E-state index in [0.29, 0.717) is 23.8 Å². The first-order valence-electron chi connectivity index (χ1n) is 10.4. The van der Waals surface area contributed by atoms with Crippen molar-refractivity contribution in [3.05, 3.63) is 84.7 Å². The Hall–Kier alpha value is -4.20. The summed E-state index contributed by atoms with van der Waals surface area (Å²) < 4.78 is 7.70. The Labute approximate surface area is 185 Å². The van der Waals surface area contributed by atoms with Gasteiger partial charge in [0.2, 0.25) is 0 Å². The van der Waals surface area contributed by atoms with Gasteiger partial charge in [-0.3, -0.25) is 9.36 Å². The highest BCUT2D eigenvalue weighted by atomic mass is 16.5. The topological polar surface area (TPSA) is 94.0 Å². The van der Waals surface area contributed by atoms with Crippen molar-refractivity contribution in [2.24, 2.45) is 0 Å². The molecule has 4 aromatic rings. The maximum Gasteiger partial charge on any atom is 0.265 e. The molecule has 160 valence electrons. The van der Waals surface area contributed by atoms with E-state index in [2.05, 4.69) is 25.6 Å². The molecule has 0 bridgehead atoms. The van der Waals surface area contributed by atoms with Crippen LogP contribution in [0.1, 0.15) is 17.8 Å². The number of nitrogens with one attached hydrogen (secondary N) is 2. The molecule has 0 saturated carbocycles. The lowest BCUT2D eigenvalue weighted by atomic mass is 10.0. The third-order valence-corrected chi connectivity index (χ3v) is 5.23. The highest BCUT2D eigenvalue weighted by molar-refractivity contribution is 5.94. The second-order valence-corrected chi connectivity index (χ2v) is 7.57. The van der Waals surface area contributed by atoms with Gasteiger partial charge in [0.05, 0.1) is 0 Å². The zero-order chi connectivity index (χ0) is 21.9. The number of imidazole rings is 1. The van der Waals surface area contributed by atoms with Crippen molar-refractivity contribution in [2.45, 2.75) is 25.9 Å². The molecule has 0 spiro atoms. The zero-order valence-corrected chi connectivity index (χ0v) is 17.5. The highest BCUT2D eigenvalue weighted by Crippen LogP contribution is 2.28. The van der Waals surface area contributed by atoms with E-state index in [1.54, 1.807) is 12.5 Å². The fourth-order valence-electron chi connectivity index (χ4n) is 3.66. The number of anilines is 3. The van der Waals surface area contributed by atoms with Gasteiger partial charge in [0.15, 0.2) is 6.10 Å². The number of aryl methyl sites for hydroxylation is 2. The summed E-state index contributed by atoms with van der Waals surface area (Å²) in [5, 5.41) is 6.22. The van der Waals surface area contributed by atoms with Crippen LogP contribution < -0.4 is 15.4 Å². The molecule has 0 saturated heterocycles. The first kappa shape index (κ1) is 19.7.